The molecule has 1 aliphatic rings. The van der Waals surface area contributed by atoms with Gasteiger partial charge in [0.15, 0.2) is 11.5 Å². The first-order valence-electron chi connectivity index (χ1n) is 7.76. The van der Waals surface area contributed by atoms with E-state index in [1.165, 1.54) is 5.69 Å². The van der Waals surface area contributed by atoms with Crippen molar-refractivity contribution in [1.82, 2.24) is 14.9 Å². The minimum Gasteiger partial charge on any atom is -0.381 e. The molecule has 0 bridgehead atoms. The van der Waals surface area contributed by atoms with Gasteiger partial charge in [0, 0.05) is 37.4 Å². The maximum Gasteiger partial charge on any atom is 0.158 e. The highest BCUT2D eigenvalue weighted by Gasteiger charge is 2.13. The number of aromatic nitrogens is 2. The number of nitrogens with two attached hydrogens (primary N) is 1. The van der Waals surface area contributed by atoms with E-state index in [9.17, 15) is 0 Å². The van der Waals surface area contributed by atoms with Crippen LogP contribution < -0.4 is 10.6 Å². The summed E-state index contributed by atoms with van der Waals surface area (Å²) < 4.78 is 0. The second-order valence-electron chi connectivity index (χ2n) is 5.83. The number of rotatable bonds is 1. The molecule has 0 unspecified atom stereocenters. The summed E-state index contributed by atoms with van der Waals surface area (Å²) in [5.41, 5.74) is 9.35. The summed E-state index contributed by atoms with van der Waals surface area (Å²) in [5.74, 6) is 6.49. The van der Waals surface area contributed by atoms with Gasteiger partial charge in [-0.25, -0.2) is 9.97 Å². The van der Waals surface area contributed by atoms with Crippen LogP contribution in [0.2, 0.25) is 0 Å². The molecule has 118 valence electrons. The molecule has 23 heavy (non-hydrogen) atoms. The molecule has 0 amide bonds. The zero-order valence-electron chi connectivity index (χ0n) is 13.6. The Morgan fingerprint density at radius 3 is 2.43 bits per heavy atom. The first-order chi connectivity index (χ1) is 11.1. The van der Waals surface area contributed by atoms with E-state index in [0.717, 1.165) is 37.4 Å². The van der Waals surface area contributed by atoms with E-state index in [-0.39, 0.29) is 0 Å². The van der Waals surface area contributed by atoms with Crippen molar-refractivity contribution in [3.8, 4) is 11.8 Å². The first-order valence-corrected chi connectivity index (χ1v) is 7.76. The molecule has 2 N–H and O–H groups in total. The molecule has 2 aromatic rings. The summed E-state index contributed by atoms with van der Waals surface area (Å²) >= 11 is 0. The monoisotopic (exact) mass is 307 g/mol. The lowest BCUT2D eigenvalue weighted by molar-refractivity contribution is 0.313. The lowest BCUT2D eigenvalue weighted by Crippen LogP contribution is -2.44. The normalized spacial score (nSPS) is 15.1. The predicted molar refractivity (Wildman–Crippen MR) is 93.3 cm³/mol. The van der Waals surface area contributed by atoms with Gasteiger partial charge in [-0.05, 0) is 44.2 Å². The topological polar surface area (TPSA) is 58.3 Å². The van der Waals surface area contributed by atoms with Crippen molar-refractivity contribution < 1.29 is 0 Å². The first kappa shape index (κ1) is 15.3. The fourth-order valence-electron chi connectivity index (χ4n) is 2.53. The van der Waals surface area contributed by atoms with E-state index in [2.05, 4.69) is 50.8 Å². The Hall–Kier alpha value is -2.58. The van der Waals surface area contributed by atoms with Crippen LogP contribution in [0.15, 0.2) is 30.5 Å². The molecule has 5 heteroatoms. The average molecular weight is 307 g/mol. The highest BCUT2D eigenvalue weighted by atomic mass is 15.2. The van der Waals surface area contributed by atoms with Gasteiger partial charge < -0.3 is 15.5 Å². The van der Waals surface area contributed by atoms with E-state index in [4.69, 9.17) is 5.73 Å². The van der Waals surface area contributed by atoms with Gasteiger partial charge in [0.25, 0.3) is 0 Å². The van der Waals surface area contributed by atoms with Gasteiger partial charge in [0.05, 0.1) is 11.9 Å². The van der Waals surface area contributed by atoms with Crippen LogP contribution >= 0.6 is 0 Å². The van der Waals surface area contributed by atoms with Crippen LogP contribution in [0.5, 0.6) is 0 Å². The van der Waals surface area contributed by atoms with Crippen LogP contribution in [0.3, 0.4) is 0 Å². The molecule has 3 rings (SSSR count). The molecule has 1 aliphatic heterocycles. The number of aryl methyl sites for hydroxylation is 1. The van der Waals surface area contributed by atoms with Crippen LogP contribution in [0.4, 0.5) is 11.5 Å². The number of piperazine rings is 1. The quantitative estimate of drug-likeness (QED) is 0.810. The smallest absolute Gasteiger partial charge is 0.158 e. The zero-order chi connectivity index (χ0) is 16.2. The molecule has 0 spiro atoms. The third-order valence-corrected chi connectivity index (χ3v) is 3.98. The molecule has 1 fully saturated rings. The second-order valence-corrected chi connectivity index (χ2v) is 5.83. The van der Waals surface area contributed by atoms with Crippen molar-refractivity contribution in [3.63, 3.8) is 0 Å². The number of anilines is 2. The average Bonchev–Trinajstić information content (AvgIpc) is 2.57. The molecule has 0 aliphatic carbocycles. The van der Waals surface area contributed by atoms with Crippen LogP contribution in [-0.2, 0) is 0 Å². The van der Waals surface area contributed by atoms with E-state index in [1.54, 1.807) is 6.20 Å². The molecule has 0 atom stereocenters. The molecule has 2 heterocycles. The largest absolute Gasteiger partial charge is 0.381 e. The highest BCUT2D eigenvalue weighted by Crippen LogP contribution is 2.16. The Balaban J connectivity index is 1.73. The van der Waals surface area contributed by atoms with Crippen molar-refractivity contribution in [3.05, 3.63) is 47.4 Å². The maximum atomic E-state index is 5.80. The van der Waals surface area contributed by atoms with E-state index in [1.807, 2.05) is 19.1 Å². The van der Waals surface area contributed by atoms with Crippen LogP contribution in [0.1, 0.15) is 17.0 Å². The fraction of sp³-hybridized carbons (Fsp3) is 0.333. The number of hydrogen-bond acceptors (Lipinski definition) is 5. The molecule has 1 aromatic carbocycles. The Bertz CT molecular complexity index is 734. The van der Waals surface area contributed by atoms with Gasteiger partial charge in [-0.1, -0.05) is 5.92 Å². The number of benzene rings is 1. The van der Waals surface area contributed by atoms with E-state index >= 15 is 0 Å². The predicted octanol–water partition coefficient (Wildman–Crippen LogP) is 1.52. The summed E-state index contributed by atoms with van der Waals surface area (Å²) in [7, 11) is 2.16. The molecular weight excluding hydrogens is 286 g/mol. The molecule has 1 aromatic heterocycles. The SMILES string of the molecule is Cc1cnc(N)c(C#Cc2ccc(N3CCN(C)CC3)cc2)n1. The van der Waals surface area contributed by atoms with Gasteiger partial charge in [0.1, 0.15) is 0 Å². The van der Waals surface area contributed by atoms with Gasteiger partial charge in [-0.3, -0.25) is 0 Å². The Labute approximate surface area is 137 Å². The summed E-state index contributed by atoms with van der Waals surface area (Å²) in [6.07, 6.45) is 1.64. The van der Waals surface area contributed by atoms with Crippen LogP contribution in [0.25, 0.3) is 0 Å². The van der Waals surface area contributed by atoms with Crippen LogP contribution in [0, 0.1) is 18.8 Å². The number of nitrogens with zero attached hydrogens (tertiary/aromatic N) is 4. The molecular formula is C18H21N5. The summed E-state index contributed by atoms with van der Waals surface area (Å²) in [6, 6.07) is 8.33. The Morgan fingerprint density at radius 1 is 1.04 bits per heavy atom. The second kappa shape index (κ2) is 6.67. The Kier molecular flexibility index (Phi) is 4.45. The third kappa shape index (κ3) is 3.79. The summed E-state index contributed by atoms with van der Waals surface area (Å²) in [4.78, 5) is 13.1. The summed E-state index contributed by atoms with van der Waals surface area (Å²) in [6.45, 7) is 6.22. The fourth-order valence-corrected chi connectivity index (χ4v) is 2.53. The van der Waals surface area contributed by atoms with Crippen molar-refractivity contribution in [2.75, 3.05) is 43.9 Å². The van der Waals surface area contributed by atoms with Crippen molar-refractivity contribution in [2.24, 2.45) is 0 Å². The van der Waals surface area contributed by atoms with Gasteiger partial charge in [0.2, 0.25) is 0 Å². The standard InChI is InChI=1S/C18H21N5/c1-14-13-20-18(19)17(21-14)8-5-15-3-6-16(7-4-15)23-11-9-22(2)10-12-23/h3-4,6-7,13H,9-12H2,1-2H3,(H2,19,20). The maximum absolute atomic E-state index is 5.80. The lowest BCUT2D eigenvalue weighted by atomic mass is 10.2. The summed E-state index contributed by atoms with van der Waals surface area (Å²) in [5, 5.41) is 0. The molecule has 0 radical (unpaired) electrons. The lowest BCUT2D eigenvalue weighted by Gasteiger charge is -2.34. The zero-order valence-corrected chi connectivity index (χ0v) is 13.6. The molecule has 0 saturated carbocycles. The van der Waals surface area contributed by atoms with Crippen LogP contribution in [-0.4, -0.2) is 48.1 Å². The Morgan fingerprint density at radius 2 is 1.74 bits per heavy atom. The van der Waals surface area contributed by atoms with E-state index in [0.29, 0.717) is 11.5 Å². The van der Waals surface area contributed by atoms with Gasteiger partial charge >= 0.3 is 0 Å². The number of likely N-dealkylation sites (N-methyl/N-ethyl adjacent to an activating group) is 1. The number of hydrogen-bond donors (Lipinski definition) is 1. The van der Waals surface area contributed by atoms with Crippen molar-refractivity contribution >= 4 is 11.5 Å². The van der Waals surface area contributed by atoms with E-state index < -0.39 is 0 Å². The van der Waals surface area contributed by atoms with Crippen molar-refractivity contribution in [2.45, 2.75) is 6.92 Å². The third-order valence-electron chi connectivity index (χ3n) is 3.98. The molecule has 5 nitrogen and oxygen atoms in total. The molecule has 1 saturated heterocycles. The van der Waals surface area contributed by atoms with Crippen molar-refractivity contribution in [1.29, 1.82) is 0 Å². The van der Waals surface area contributed by atoms with Gasteiger partial charge in [-0.15, -0.1) is 0 Å². The minimum absolute atomic E-state index is 0.372. The minimum atomic E-state index is 0.372. The number of nitrogen functional groups attached to an aromatic ring is 1. The van der Waals surface area contributed by atoms with Gasteiger partial charge in [-0.2, -0.15) is 0 Å². The highest BCUT2D eigenvalue weighted by molar-refractivity contribution is 5.53.